The van der Waals surface area contributed by atoms with E-state index in [1.54, 1.807) is 30.2 Å². The smallest absolute Gasteiger partial charge is 0.263 e. The molecule has 2 rings (SSSR count). The number of aliphatic hydroxyl groups excluding tert-OH is 2. The van der Waals surface area contributed by atoms with Gasteiger partial charge in [0.15, 0.2) is 0 Å². The molecule has 1 amide bonds. The minimum absolute atomic E-state index is 0.0128. The number of hydrogen-bond donors (Lipinski definition) is 2. The van der Waals surface area contributed by atoms with Crippen LogP contribution in [0.15, 0.2) is 6.07 Å². The quantitative estimate of drug-likeness (QED) is 0.819. The molecular formula is C16H25NO3S. The highest BCUT2D eigenvalue weighted by molar-refractivity contribution is 7.14. The summed E-state index contributed by atoms with van der Waals surface area (Å²) in [5.74, 6) is -0.0128. The molecule has 0 spiro atoms. The average Bonchev–Trinajstić information content (AvgIpc) is 2.77. The Morgan fingerprint density at radius 3 is 2.62 bits per heavy atom. The Bertz CT molecular complexity index is 470. The van der Waals surface area contributed by atoms with E-state index in [2.05, 4.69) is 0 Å². The largest absolute Gasteiger partial charge is 0.396 e. The van der Waals surface area contributed by atoms with E-state index in [4.69, 9.17) is 0 Å². The Kier molecular flexibility index (Phi) is 5.41. The molecule has 4 nitrogen and oxygen atoms in total. The number of nitrogens with zero attached hydrogens (tertiary/aromatic N) is 1. The number of aryl methyl sites for hydroxylation is 2. The van der Waals surface area contributed by atoms with Gasteiger partial charge in [-0.1, -0.05) is 13.3 Å². The van der Waals surface area contributed by atoms with E-state index in [-0.39, 0.29) is 19.1 Å². The van der Waals surface area contributed by atoms with Crippen LogP contribution >= 0.6 is 11.3 Å². The van der Waals surface area contributed by atoms with Crippen molar-refractivity contribution in [1.29, 1.82) is 0 Å². The molecule has 118 valence electrons. The standard InChI is InChI=1S/C16H25NO3S/c1-16(10-18,11-19)9-17(2)15(20)14-8-12-6-4-3-5-7-13(12)21-14/h8,18-19H,3-7,9-11H2,1-2H3. The fourth-order valence-corrected chi connectivity index (χ4v) is 4.00. The summed E-state index contributed by atoms with van der Waals surface area (Å²) >= 11 is 1.61. The predicted octanol–water partition coefficient (Wildman–Crippen LogP) is 2.08. The van der Waals surface area contributed by atoms with E-state index >= 15 is 0 Å². The molecule has 1 aliphatic carbocycles. The summed E-state index contributed by atoms with van der Waals surface area (Å²) in [6.45, 7) is 1.85. The van der Waals surface area contributed by atoms with Gasteiger partial charge in [0.25, 0.3) is 5.91 Å². The Morgan fingerprint density at radius 1 is 1.29 bits per heavy atom. The molecule has 0 radical (unpaired) electrons. The molecule has 0 aliphatic heterocycles. The van der Waals surface area contributed by atoms with Crippen molar-refractivity contribution in [3.63, 3.8) is 0 Å². The zero-order valence-corrected chi connectivity index (χ0v) is 13.7. The van der Waals surface area contributed by atoms with E-state index in [1.165, 1.54) is 29.7 Å². The van der Waals surface area contributed by atoms with Crippen molar-refractivity contribution >= 4 is 17.2 Å². The van der Waals surface area contributed by atoms with Gasteiger partial charge in [-0.15, -0.1) is 11.3 Å². The van der Waals surface area contributed by atoms with E-state index in [0.717, 1.165) is 17.7 Å². The minimum Gasteiger partial charge on any atom is -0.396 e. The maximum atomic E-state index is 12.5. The summed E-state index contributed by atoms with van der Waals surface area (Å²) in [6.07, 6.45) is 5.86. The summed E-state index contributed by atoms with van der Waals surface area (Å²) < 4.78 is 0. The summed E-state index contributed by atoms with van der Waals surface area (Å²) in [5.41, 5.74) is 0.681. The average molecular weight is 311 g/mol. The predicted molar refractivity (Wildman–Crippen MR) is 84.8 cm³/mol. The molecule has 2 N–H and O–H groups in total. The van der Waals surface area contributed by atoms with Crippen molar-refractivity contribution in [3.8, 4) is 0 Å². The number of aliphatic hydroxyl groups is 2. The van der Waals surface area contributed by atoms with Crippen LogP contribution in [0.3, 0.4) is 0 Å². The second-order valence-corrected chi connectivity index (χ2v) is 7.54. The number of rotatable bonds is 5. The maximum absolute atomic E-state index is 12.5. The molecule has 0 saturated carbocycles. The highest BCUT2D eigenvalue weighted by Crippen LogP contribution is 2.30. The van der Waals surface area contributed by atoms with Crippen LogP contribution in [0.2, 0.25) is 0 Å². The molecular weight excluding hydrogens is 286 g/mol. The van der Waals surface area contributed by atoms with E-state index in [9.17, 15) is 15.0 Å². The van der Waals surface area contributed by atoms with Crippen LogP contribution in [0, 0.1) is 5.41 Å². The molecule has 21 heavy (non-hydrogen) atoms. The van der Waals surface area contributed by atoms with Crippen LogP contribution in [-0.2, 0) is 12.8 Å². The lowest BCUT2D eigenvalue weighted by atomic mass is 9.92. The third-order valence-electron chi connectivity index (χ3n) is 4.19. The third kappa shape index (κ3) is 3.84. The topological polar surface area (TPSA) is 60.8 Å². The van der Waals surface area contributed by atoms with Gasteiger partial charge in [-0.05, 0) is 37.3 Å². The number of carbonyl (C=O) groups is 1. The van der Waals surface area contributed by atoms with Crippen LogP contribution in [0.5, 0.6) is 0 Å². The van der Waals surface area contributed by atoms with Gasteiger partial charge >= 0.3 is 0 Å². The van der Waals surface area contributed by atoms with Gasteiger partial charge in [0.05, 0.1) is 18.1 Å². The molecule has 0 unspecified atom stereocenters. The molecule has 0 saturated heterocycles. The molecule has 0 bridgehead atoms. The molecule has 0 aromatic carbocycles. The van der Waals surface area contributed by atoms with Gasteiger partial charge in [0.2, 0.25) is 0 Å². The lowest BCUT2D eigenvalue weighted by molar-refractivity contribution is 0.0368. The van der Waals surface area contributed by atoms with Crippen molar-refractivity contribution in [2.24, 2.45) is 5.41 Å². The Labute approximate surface area is 130 Å². The fourth-order valence-electron chi connectivity index (χ4n) is 2.76. The number of thiophene rings is 1. The molecule has 1 aliphatic rings. The minimum atomic E-state index is -0.654. The molecule has 0 atom stereocenters. The molecule has 1 heterocycles. The van der Waals surface area contributed by atoms with Gasteiger partial charge in [-0.3, -0.25) is 4.79 Å². The van der Waals surface area contributed by atoms with Gasteiger partial charge in [-0.25, -0.2) is 0 Å². The Hall–Kier alpha value is -0.910. The summed E-state index contributed by atoms with van der Waals surface area (Å²) in [6, 6.07) is 2.04. The van der Waals surface area contributed by atoms with E-state index in [0.29, 0.717) is 6.54 Å². The van der Waals surface area contributed by atoms with Crippen molar-refractivity contribution in [1.82, 2.24) is 4.90 Å². The third-order valence-corrected chi connectivity index (χ3v) is 5.41. The summed E-state index contributed by atoms with van der Waals surface area (Å²) in [5, 5.41) is 18.7. The number of carbonyl (C=O) groups excluding carboxylic acids is 1. The molecule has 1 aromatic rings. The van der Waals surface area contributed by atoms with Crippen molar-refractivity contribution in [3.05, 3.63) is 21.4 Å². The fraction of sp³-hybridized carbons (Fsp3) is 0.688. The van der Waals surface area contributed by atoms with Crippen LogP contribution in [0.1, 0.15) is 46.3 Å². The van der Waals surface area contributed by atoms with Crippen molar-refractivity contribution in [2.45, 2.75) is 39.0 Å². The first-order valence-corrected chi connectivity index (χ1v) is 8.39. The van der Waals surface area contributed by atoms with Crippen LogP contribution in [0.25, 0.3) is 0 Å². The van der Waals surface area contributed by atoms with Crippen molar-refractivity contribution in [2.75, 3.05) is 26.8 Å². The first-order valence-electron chi connectivity index (χ1n) is 7.58. The van der Waals surface area contributed by atoms with Gasteiger partial charge < -0.3 is 15.1 Å². The lowest BCUT2D eigenvalue weighted by Crippen LogP contribution is -2.41. The Balaban J connectivity index is 2.09. The lowest BCUT2D eigenvalue weighted by Gasteiger charge is -2.30. The molecule has 1 aromatic heterocycles. The second-order valence-electron chi connectivity index (χ2n) is 6.41. The maximum Gasteiger partial charge on any atom is 0.263 e. The number of amides is 1. The Morgan fingerprint density at radius 2 is 1.95 bits per heavy atom. The zero-order chi connectivity index (χ0) is 15.5. The number of hydrogen-bond acceptors (Lipinski definition) is 4. The molecule has 5 heteroatoms. The highest BCUT2D eigenvalue weighted by Gasteiger charge is 2.28. The van der Waals surface area contributed by atoms with Gasteiger partial charge in [0, 0.05) is 23.9 Å². The SMILES string of the molecule is CN(CC(C)(CO)CO)C(=O)c1cc2c(s1)CCCCC2. The summed E-state index contributed by atoms with van der Waals surface area (Å²) in [4.78, 5) is 16.3. The monoisotopic (exact) mass is 311 g/mol. The molecule has 0 fully saturated rings. The highest BCUT2D eigenvalue weighted by atomic mass is 32.1. The second kappa shape index (κ2) is 6.90. The van der Waals surface area contributed by atoms with E-state index in [1.807, 2.05) is 6.07 Å². The first-order chi connectivity index (χ1) is 9.99. The van der Waals surface area contributed by atoms with E-state index < -0.39 is 5.41 Å². The summed E-state index contributed by atoms with van der Waals surface area (Å²) in [7, 11) is 1.73. The zero-order valence-electron chi connectivity index (χ0n) is 12.9. The van der Waals surface area contributed by atoms with Crippen molar-refractivity contribution < 1.29 is 15.0 Å². The van der Waals surface area contributed by atoms with Crippen LogP contribution < -0.4 is 0 Å². The normalized spacial score (nSPS) is 15.4. The first kappa shape index (κ1) is 16.5. The van der Waals surface area contributed by atoms with Crippen LogP contribution in [-0.4, -0.2) is 47.8 Å². The van der Waals surface area contributed by atoms with Gasteiger partial charge in [0.1, 0.15) is 0 Å². The van der Waals surface area contributed by atoms with Crippen LogP contribution in [0.4, 0.5) is 0 Å². The van der Waals surface area contributed by atoms with Gasteiger partial charge in [-0.2, -0.15) is 0 Å². The number of fused-ring (bicyclic) bond motifs is 1.